The van der Waals surface area contributed by atoms with Crippen LogP contribution in [-0.2, 0) is 0 Å². The quantitative estimate of drug-likeness (QED) is 0.149. The van der Waals surface area contributed by atoms with Gasteiger partial charge in [-0.05, 0) is 198 Å². The Balaban J connectivity index is 0.627. The summed E-state index contributed by atoms with van der Waals surface area (Å²) in [5, 5.41) is 22.7. The predicted molar refractivity (Wildman–Crippen MR) is 419 cm³/mol. The van der Waals surface area contributed by atoms with E-state index in [1.807, 2.05) is 12.1 Å². The van der Waals surface area contributed by atoms with E-state index in [0.717, 1.165) is 148 Å². The number of rotatable bonds is 7. The van der Waals surface area contributed by atoms with Crippen LogP contribution in [0, 0.1) is 0 Å². The van der Waals surface area contributed by atoms with Crippen molar-refractivity contribution in [3.05, 3.63) is 328 Å². The molecule has 0 saturated heterocycles. The zero-order valence-electron chi connectivity index (χ0n) is 53.8. The highest BCUT2D eigenvalue weighted by Crippen LogP contribution is 2.51. The van der Waals surface area contributed by atoms with E-state index in [9.17, 15) is 0 Å². The predicted octanol–water partition coefficient (Wildman–Crippen LogP) is 27.9. The van der Waals surface area contributed by atoms with Crippen LogP contribution in [0.15, 0.2) is 345 Å². The molecular formula is C96H54O4. The van der Waals surface area contributed by atoms with E-state index in [4.69, 9.17) is 17.7 Å². The third-order valence-corrected chi connectivity index (χ3v) is 21.5. The van der Waals surface area contributed by atoms with Gasteiger partial charge in [-0.1, -0.05) is 261 Å². The van der Waals surface area contributed by atoms with E-state index in [0.29, 0.717) is 0 Å². The highest BCUT2D eigenvalue weighted by Gasteiger charge is 2.25. The standard InChI is InChI=1S/C96H54O4/c1-2-16-55(17-3-1)56-32-38-60(39-33-56)87-66-19-4-10-25-72(66)90(73-26-11-5-20-67(73)87)64-44-48-78-85(53-64)99-83-51-49-74-79(54-86-94(95(74)93(78)83)76-27-13-15-29-81(76)97-86)59-36-30-57(31-37-59)58-34-40-61(41-35-58)88-68-21-6-8-23-70(68)89(71-24-9-7-22-69(71)88)63-43-47-77-84(52-63)98-82-50-45-62-42-46-75-65-18-12-14-28-80(65)100-96(75)91(62)92(77)82/h1-54H. The van der Waals surface area contributed by atoms with E-state index in [-0.39, 0.29) is 0 Å². The molecule has 4 aromatic heterocycles. The molecule has 0 atom stereocenters. The van der Waals surface area contributed by atoms with Crippen molar-refractivity contribution in [3.8, 4) is 77.9 Å². The molecule has 462 valence electrons. The SMILES string of the molecule is c1ccc(-c2ccc(-c3c4ccccc4c(-c4ccc5c(c4)oc4ccc6c(-c7ccc(-c8ccc(-c9c%10ccccc%10c(-c%10ccc%11c(c%10)oc%10ccc%12ccc%13c%14ccccc%14oc%13c%12c%10%11)c%10ccccc9%10)cc8)cc7)cc7oc8ccccc8c7c6c45)c4ccccc34)cc2)cc1. The van der Waals surface area contributed by atoms with Gasteiger partial charge in [0.1, 0.15) is 44.7 Å². The summed E-state index contributed by atoms with van der Waals surface area (Å²) < 4.78 is 27.3. The van der Waals surface area contributed by atoms with Gasteiger partial charge in [0.25, 0.3) is 0 Å². The molecule has 4 heteroatoms. The summed E-state index contributed by atoms with van der Waals surface area (Å²) in [4.78, 5) is 0. The molecule has 4 heterocycles. The molecule has 0 saturated carbocycles. The maximum absolute atomic E-state index is 7.05. The van der Waals surface area contributed by atoms with Gasteiger partial charge in [-0.3, -0.25) is 0 Å². The molecule has 22 rings (SSSR count). The lowest BCUT2D eigenvalue weighted by Gasteiger charge is -2.18. The largest absolute Gasteiger partial charge is 0.456 e. The van der Waals surface area contributed by atoms with Crippen molar-refractivity contribution in [2.45, 2.75) is 0 Å². The summed E-state index contributed by atoms with van der Waals surface area (Å²) >= 11 is 0. The molecule has 0 N–H and O–H groups in total. The number of fused-ring (bicyclic) bond motifs is 22. The van der Waals surface area contributed by atoms with Gasteiger partial charge in [0, 0.05) is 53.9 Å². The van der Waals surface area contributed by atoms with E-state index in [1.165, 1.54) is 82.0 Å². The Labute approximate surface area is 572 Å². The van der Waals surface area contributed by atoms with Crippen molar-refractivity contribution in [1.29, 1.82) is 0 Å². The zero-order valence-corrected chi connectivity index (χ0v) is 53.8. The van der Waals surface area contributed by atoms with Crippen LogP contribution < -0.4 is 0 Å². The summed E-state index contributed by atoms with van der Waals surface area (Å²) in [6.07, 6.45) is 0. The zero-order chi connectivity index (χ0) is 65.3. The first kappa shape index (κ1) is 54.9. The fraction of sp³-hybridized carbons (Fsp3) is 0. The average Bonchev–Trinajstić information content (AvgIpc) is 1.57. The van der Waals surface area contributed by atoms with E-state index in [2.05, 4.69) is 315 Å². The minimum Gasteiger partial charge on any atom is -0.456 e. The fourth-order valence-corrected chi connectivity index (χ4v) is 17.0. The van der Waals surface area contributed by atoms with Crippen LogP contribution in [0.25, 0.3) is 230 Å². The number of hydrogen-bond acceptors (Lipinski definition) is 4. The molecule has 0 aliphatic rings. The van der Waals surface area contributed by atoms with Gasteiger partial charge in [0.15, 0.2) is 0 Å². The maximum atomic E-state index is 7.05. The smallest absolute Gasteiger partial charge is 0.144 e. The minimum absolute atomic E-state index is 0.837. The molecule has 0 fully saturated rings. The minimum atomic E-state index is 0.837. The molecule has 0 radical (unpaired) electrons. The van der Waals surface area contributed by atoms with Crippen LogP contribution in [-0.4, -0.2) is 0 Å². The van der Waals surface area contributed by atoms with Gasteiger partial charge in [-0.2, -0.15) is 0 Å². The third kappa shape index (κ3) is 8.04. The van der Waals surface area contributed by atoms with Crippen molar-refractivity contribution in [3.63, 3.8) is 0 Å². The molecule has 22 aromatic rings. The Morgan fingerprint density at radius 2 is 0.480 bits per heavy atom. The van der Waals surface area contributed by atoms with E-state index >= 15 is 0 Å². The lowest BCUT2D eigenvalue weighted by molar-refractivity contribution is 0.668. The lowest BCUT2D eigenvalue weighted by atomic mass is 9.85. The van der Waals surface area contributed by atoms with Crippen LogP contribution in [0.2, 0.25) is 0 Å². The van der Waals surface area contributed by atoms with Crippen LogP contribution in [0.1, 0.15) is 0 Å². The summed E-state index contributed by atoms with van der Waals surface area (Å²) in [5.74, 6) is 0. The number of benzene rings is 18. The summed E-state index contributed by atoms with van der Waals surface area (Å²) in [6.45, 7) is 0. The highest BCUT2D eigenvalue weighted by atomic mass is 16.3. The molecule has 100 heavy (non-hydrogen) atoms. The van der Waals surface area contributed by atoms with Gasteiger partial charge in [0.05, 0.1) is 0 Å². The van der Waals surface area contributed by atoms with Crippen molar-refractivity contribution < 1.29 is 17.7 Å². The molecule has 0 bridgehead atoms. The summed E-state index contributed by atoms with van der Waals surface area (Å²) in [7, 11) is 0. The normalized spacial score (nSPS) is 12.2. The number of para-hydroxylation sites is 2. The third-order valence-electron chi connectivity index (χ3n) is 21.5. The summed E-state index contributed by atoms with van der Waals surface area (Å²) in [5.41, 5.74) is 23.1. The first-order valence-corrected chi connectivity index (χ1v) is 34.3. The molecule has 0 spiro atoms. The maximum Gasteiger partial charge on any atom is 0.144 e. The Morgan fingerprint density at radius 3 is 0.990 bits per heavy atom. The number of furan rings is 4. The van der Waals surface area contributed by atoms with Crippen LogP contribution in [0.5, 0.6) is 0 Å². The van der Waals surface area contributed by atoms with Gasteiger partial charge in [0.2, 0.25) is 0 Å². The Kier molecular flexibility index (Phi) is 11.6. The molecule has 0 amide bonds. The summed E-state index contributed by atoms with van der Waals surface area (Å²) in [6, 6.07) is 119. The van der Waals surface area contributed by atoms with E-state index in [1.54, 1.807) is 0 Å². The van der Waals surface area contributed by atoms with Crippen molar-refractivity contribution in [2.75, 3.05) is 0 Å². The first-order chi connectivity index (χ1) is 49.6. The second-order valence-electron chi connectivity index (χ2n) is 26.7. The monoisotopic (exact) mass is 1270 g/mol. The van der Waals surface area contributed by atoms with Gasteiger partial charge in [-0.15, -0.1) is 0 Å². The molecule has 18 aromatic carbocycles. The molecule has 4 nitrogen and oxygen atoms in total. The van der Waals surface area contributed by atoms with Crippen molar-refractivity contribution in [2.24, 2.45) is 0 Å². The molecule has 0 unspecified atom stereocenters. The Hall–Kier alpha value is -13.3. The second kappa shape index (κ2) is 21.1. The van der Waals surface area contributed by atoms with Crippen LogP contribution >= 0.6 is 0 Å². The van der Waals surface area contributed by atoms with Crippen LogP contribution in [0.4, 0.5) is 0 Å². The Morgan fingerprint density at radius 1 is 0.150 bits per heavy atom. The lowest BCUT2D eigenvalue weighted by Crippen LogP contribution is -1.91. The fourth-order valence-electron chi connectivity index (χ4n) is 17.0. The van der Waals surface area contributed by atoms with E-state index < -0.39 is 0 Å². The van der Waals surface area contributed by atoms with Crippen molar-refractivity contribution in [1.82, 2.24) is 0 Å². The molecule has 0 aliphatic heterocycles. The van der Waals surface area contributed by atoms with Crippen LogP contribution in [0.3, 0.4) is 0 Å². The second-order valence-corrected chi connectivity index (χ2v) is 26.7. The average molecular weight is 1270 g/mol. The van der Waals surface area contributed by atoms with Gasteiger partial charge < -0.3 is 17.7 Å². The Bertz CT molecular complexity index is 7110. The van der Waals surface area contributed by atoms with Crippen molar-refractivity contribution >= 4 is 152 Å². The molecule has 0 aliphatic carbocycles. The first-order valence-electron chi connectivity index (χ1n) is 34.3. The molecular weight excluding hydrogens is 1220 g/mol. The number of hydrogen-bond donors (Lipinski definition) is 0. The van der Waals surface area contributed by atoms with Gasteiger partial charge in [-0.25, -0.2) is 0 Å². The topological polar surface area (TPSA) is 52.6 Å². The highest BCUT2D eigenvalue weighted by molar-refractivity contribution is 6.34. The van der Waals surface area contributed by atoms with Gasteiger partial charge >= 0.3 is 0 Å².